The Morgan fingerprint density at radius 2 is 2.12 bits per heavy atom. The molecule has 1 aliphatic carbocycles. The van der Waals surface area contributed by atoms with Crippen LogP contribution in [-0.4, -0.2) is 39.8 Å². The van der Waals surface area contributed by atoms with E-state index in [0.29, 0.717) is 34.3 Å². The van der Waals surface area contributed by atoms with Crippen LogP contribution in [0.25, 0.3) is 11.5 Å². The molecule has 7 heteroatoms. The van der Waals surface area contributed by atoms with E-state index in [1.54, 1.807) is 37.9 Å². The van der Waals surface area contributed by atoms with Gasteiger partial charge >= 0.3 is 6.09 Å². The number of nitrogens with zero attached hydrogens (tertiary/aromatic N) is 3. The van der Waals surface area contributed by atoms with E-state index >= 15 is 0 Å². The van der Waals surface area contributed by atoms with E-state index in [1.807, 2.05) is 0 Å². The molecule has 1 saturated carbocycles. The molecule has 1 N–H and O–H groups in total. The van der Waals surface area contributed by atoms with E-state index in [-0.39, 0.29) is 18.4 Å². The molecule has 0 radical (unpaired) electrons. The Balaban J connectivity index is 1.72. The summed E-state index contributed by atoms with van der Waals surface area (Å²) in [5.74, 6) is 1.18. The highest BCUT2D eigenvalue weighted by molar-refractivity contribution is 5.68. The van der Waals surface area contributed by atoms with Gasteiger partial charge in [-0.2, -0.15) is 0 Å². The summed E-state index contributed by atoms with van der Waals surface area (Å²) in [5, 5.41) is 13.5. The number of pyridine rings is 1. The number of carbonyl (C=O) groups excluding carboxylic acids is 1. The number of carbonyl (C=O) groups is 1. The lowest BCUT2D eigenvalue weighted by Crippen LogP contribution is -2.29. The molecule has 2 aromatic rings. The third-order valence-electron chi connectivity index (χ3n) is 4.16. The Morgan fingerprint density at radius 3 is 2.79 bits per heavy atom. The normalized spacial score (nSPS) is 13.8. The summed E-state index contributed by atoms with van der Waals surface area (Å²) in [7, 11) is 1.74. The highest BCUT2D eigenvalue weighted by atomic mass is 16.6. The minimum atomic E-state index is -0.358. The van der Waals surface area contributed by atoms with Gasteiger partial charge in [-0.05, 0) is 44.7 Å². The summed E-state index contributed by atoms with van der Waals surface area (Å²) in [5.41, 5.74) is 2.37. The lowest BCUT2D eigenvalue weighted by Gasteiger charge is -2.16. The van der Waals surface area contributed by atoms with Gasteiger partial charge in [0.1, 0.15) is 18.1 Å². The molecule has 0 atom stereocenters. The third-order valence-corrected chi connectivity index (χ3v) is 4.16. The van der Waals surface area contributed by atoms with Crippen molar-refractivity contribution in [3.8, 4) is 17.2 Å². The monoisotopic (exact) mass is 331 g/mol. The first-order valence-electron chi connectivity index (χ1n) is 7.95. The minimum Gasteiger partial charge on any atom is -0.506 e. The molecule has 0 spiro atoms. The molecule has 0 bridgehead atoms. The van der Waals surface area contributed by atoms with Gasteiger partial charge in [0.15, 0.2) is 5.76 Å². The van der Waals surface area contributed by atoms with Crippen molar-refractivity contribution in [2.45, 2.75) is 33.3 Å². The molecule has 7 nitrogen and oxygen atoms in total. The Bertz CT molecular complexity index is 752. The van der Waals surface area contributed by atoms with E-state index in [9.17, 15) is 9.90 Å². The number of ether oxygens (including phenoxy) is 1. The summed E-state index contributed by atoms with van der Waals surface area (Å²) < 4.78 is 10.7. The molecule has 0 aliphatic heterocycles. The predicted octanol–water partition coefficient (Wildman–Crippen LogP) is 3.04. The molecule has 3 rings (SSSR count). The second kappa shape index (κ2) is 6.51. The largest absolute Gasteiger partial charge is 0.506 e. The van der Waals surface area contributed by atoms with Crippen molar-refractivity contribution < 1.29 is 19.2 Å². The summed E-state index contributed by atoms with van der Waals surface area (Å²) in [6.45, 7) is 4.29. The summed E-state index contributed by atoms with van der Waals surface area (Å²) in [4.78, 5) is 18.0. The summed E-state index contributed by atoms with van der Waals surface area (Å²) in [6.07, 6.45) is 2.00. The van der Waals surface area contributed by atoms with Gasteiger partial charge in [-0.25, -0.2) is 9.78 Å². The number of amides is 1. The minimum absolute atomic E-state index is 0.0696. The fourth-order valence-electron chi connectivity index (χ4n) is 2.45. The van der Waals surface area contributed by atoms with Crippen molar-refractivity contribution in [3.63, 3.8) is 0 Å². The predicted molar refractivity (Wildman–Crippen MR) is 86.4 cm³/mol. The number of aromatic hydroxyl groups is 1. The quantitative estimate of drug-likeness (QED) is 0.906. The number of aromatic nitrogens is 2. The van der Waals surface area contributed by atoms with Gasteiger partial charge < -0.3 is 19.3 Å². The van der Waals surface area contributed by atoms with Crippen LogP contribution in [0, 0.1) is 19.8 Å². The topological polar surface area (TPSA) is 88.7 Å². The van der Waals surface area contributed by atoms with Crippen molar-refractivity contribution in [2.24, 2.45) is 5.92 Å². The fourth-order valence-corrected chi connectivity index (χ4v) is 2.45. The number of hydrogen-bond donors (Lipinski definition) is 1. The standard InChI is InChI=1S/C17H21N3O4/c1-10-13(9-23-17(22)20(3)8-12-4-5-12)16(24-19-10)14-6-7-15(21)11(2)18-14/h6-7,12,21H,4-5,8-9H2,1-3H3. The SMILES string of the molecule is Cc1nc(-c2onc(C)c2COC(=O)N(C)CC2CC2)ccc1O. The second-order valence-corrected chi connectivity index (χ2v) is 6.26. The lowest BCUT2D eigenvalue weighted by atomic mass is 10.1. The molecule has 128 valence electrons. The van der Waals surface area contributed by atoms with Crippen molar-refractivity contribution in [2.75, 3.05) is 13.6 Å². The van der Waals surface area contributed by atoms with Crippen molar-refractivity contribution in [3.05, 3.63) is 29.1 Å². The highest BCUT2D eigenvalue weighted by Gasteiger charge is 2.26. The molecule has 1 fully saturated rings. The molecule has 1 amide bonds. The fraction of sp³-hybridized carbons (Fsp3) is 0.471. The smallest absolute Gasteiger partial charge is 0.409 e. The maximum atomic E-state index is 12.1. The van der Waals surface area contributed by atoms with Crippen LogP contribution in [0.3, 0.4) is 0 Å². The van der Waals surface area contributed by atoms with Crippen molar-refractivity contribution >= 4 is 6.09 Å². The van der Waals surface area contributed by atoms with Crippen LogP contribution in [0.2, 0.25) is 0 Å². The van der Waals surface area contributed by atoms with Gasteiger partial charge in [0.25, 0.3) is 0 Å². The van der Waals surface area contributed by atoms with Gasteiger partial charge in [-0.3, -0.25) is 0 Å². The number of rotatable bonds is 5. The average molecular weight is 331 g/mol. The molecular weight excluding hydrogens is 310 g/mol. The molecule has 0 unspecified atom stereocenters. The zero-order valence-corrected chi connectivity index (χ0v) is 14.1. The van der Waals surface area contributed by atoms with Crippen molar-refractivity contribution in [1.29, 1.82) is 0 Å². The maximum Gasteiger partial charge on any atom is 0.409 e. The van der Waals surface area contributed by atoms with E-state index in [0.717, 1.165) is 6.54 Å². The summed E-state index contributed by atoms with van der Waals surface area (Å²) in [6, 6.07) is 3.20. The Labute approximate surface area is 140 Å². The number of aryl methyl sites for hydroxylation is 2. The van der Waals surface area contributed by atoms with Gasteiger partial charge in [0.05, 0.1) is 17.0 Å². The van der Waals surface area contributed by atoms with Crippen LogP contribution < -0.4 is 0 Å². The Morgan fingerprint density at radius 1 is 1.38 bits per heavy atom. The second-order valence-electron chi connectivity index (χ2n) is 6.26. The van der Waals surface area contributed by atoms with Crippen LogP contribution in [0.1, 0.15) is 29.8 Å². The Hall–Kier alpha value is -2.57. The zero-order valence-electron chi connectivity index (χ0n) is 14.1. The first-order valence-corrected chi connectivity index (χ1v) is 7.95. The van der Waals surface area contributed by atoms with Gasteiger partial charge in [-0.1, -0.05) is 5.16 Å². The zero-order chi connectivity index (χ0) is 17.3. The van der Waals surface area contributed by atoms with Crippen LogP contribution in [0.15, 0.2) is 16.7 Å². The van der Waals surface area contributed by atoms with Crippen LogP contribution >= 0.6 is 0 Å². The molecule has 1 aliphatic rings. The van der Waals surface area contributed by atoms with Crippen LogP contribution in [-0.2, 0) is 11.3 Å². The Kier molecular flexibility index (Phi) is 4.42. The highest BCUT2D eigenvalue weighted by Crippen LogP contribution is 2.30. The van der Waals surface area contributed by atoms with E-state index < -0.39 is 0 Å². The molecule has 24 heavy (non-hydrogen) atoms. The first kappa shape index (κ1) is 16.3. The van der Waals surface area contributed by atoms with E-state index in [4.69, 9.17) is 9.26 Å². The molecule has 2 heterocycles. The van der Waals surface area contributed by atoms with Gasteiger partial charge in [-0.15, -0.1) is 0 Å². The molecule has 2 aromatic heterocycles. The average Bonchev–Trinajstić information content (AvgIpc) is 3.29. The lowest BCUT2D eigenvalue weighted by molar-refractivity contribution is 0.103. The third kappa shape index (κ3) is 3.50. The molecular formula is C17H21N3O4. The van der Waals surface area contributed by atoms with E-state index in [2.05, 4.69) is 10.1 Å². The van der Waals surface area contributed by atoms with Gasteiger partial charge in [0, 0.05) is 13.6 Å². The summed E-state index contributed by atoms with van der Waals surface area (Å²) >= 11 is 0. The van der Waals surface area contributed by atoms with Crippen LogP contribution in [0.5, 0.6) is 5.75 Å². The van der Waals surface area contributed by atoms with Crippen molar-refractivity contribution in [1.82, 2.24) is 15.0 Å². The molecule has 0 saturated heterocycles. The number of hydrogen-bond acceptors (Lipinski definition) is 6. The van der Waals surface area contributed by atoms with Gasteiger partial charge in [0.2, 0.25) is 0 Å². The van der Waals surface area contributed by atoms with Crippen LogP contribution in [0.4, 0.5) is 4.79 Å². The maximum absolute atomic E-state index is 12.1. The van der Waals surface area contributed by atoms with E-state index in [1.165, 1.54) is 12.8 Å². The first-order chi connectivity index (χ1) is 11.5. The molecule has 0 aromatic carbocycles.